The third kappa shape index (κ3) is 3.93. The summed E-state index contributed by atoms with van der Waals surface area (Å²) >= 11 is 0. The van der Waals surface area contributed by atoms with Crippen LogP contribution in [0.25, 0.3) is 0 Å². The molecule has 3 rings (SSSR count). The summed E-state index contributed by atoms with van der Waals surface area (Å²) in [5.41, 5.74) is 0.145. The molecule has 2 aliphatic rings. The molecule has 7 nitrogen and oxygen atoms in total. The van der Waals surface area contributed by atoms with Crippen molar-refractivity contribution in [2.24, 2.45) is 5.92 Å². The maximum absolute atomic E-state index is 14.6. The quantitative estimate of drug-likeness (QED) is 0.799. The molecular weight excluding hydrogens is 361 g/mol. The lowest BCUT2D eigenvalue weighted by molar-refractivity contribution is -0.117. The van der Waals surface area contributed by atoms with Crippen molar-refractivity contribution in [3.63, 3.8) is 0 Å². The molecule has 1 aromatic carbocycles. The summed E-state index contributed by atoms with van der Waals surface area (Å²) in [6.07, 6.45) is 3.85. The van der Waals surface area contributed by atoms with Crippen LogP contribution >= 0.6 is 0 Å². The van der Waals surface area contributed by atoms with E-state index in [4.69, 9.17) is 0 Å². The summed E-state index contributed by atoms with van der Waals surface area (Å²) in [6.45, 7) is 4.67. The highest BCUT2D eigenvalue weighted by Crippen LogP contribution is 2.35. The number of likely N-dealkylation sites (tertiary alicyclic amines) is 1. The van der Waals surface area contributed by atoms with E-state index in [1.165, 1.54) is 12.1 Å². The number of halogens is 1. The predicted octanol–water partition coefficient (Wildman–Crippen LogP) is 1.38. The molecule has 0 spiro atoms. The molecule has 1 unspecified atom stereocenters. The third-order valence-corrected chi connectivity index (χ3v) is 6.22. The van der Waals surface area contributed by atoms with Crippen molar-refractivity contribution in [1.82, 2.24) is 9.62 Å². The molecule has 0 bridgehead atoms. The Hall–Kier alpha value is -1.87. The van der Waals surface area contributed by atoms with Crippen molar-refractivity contribution in [1.29, 1.82) is 0 Å². The number of hydrogen-bond acceptors (Lipinski definition) is 5. The Balaban J connectivity index is 1.78. The van der Waals surface area contributed by atoms with E-state index in [1.807, 2.05) is 0 Å². The number of anilines is 1. The molecule has 1 aromatic rings. The highest BCUT2D eigenvalue weighted by atomic mass is 32.2. The fourth-order valence-electron chi connectivity index (χ4n) is 3.82. The Bertz CT molecular complexity index is 774. The van der Waals surface area contributed by atoms with Gasteiger partial charge in [0.25, 0.3) is 5.91 Å². The van der Waals surface area contributed by atoms with Crippen LogP contribution in [0.4, 0.5) is 10.1 Å². The number of aromatic hydroxyl groups is 1. The smallest absolute Gasteiger partial charge is 0.326 e. The van der Waals surface area contributed by atoms with Crippen LogP contribution in [-0.4, -0.2) is 50.5 Å². The van der Waals surface area contributed by atoms with Gasteiger partial charge in [0.05, 0.1) is 0 Å². The molecule has 144 valence electrons. The van der Waals surface area contributed by atoms with Gasteiger partial charge in [0.2, 0.25) is 0 Å². The summed E-state index contributed by atoms with van der Waals surface area (Å²) in [5.74, 6) is -1.70. The first-order chi connectivity index (χ1) is 12.3. The minimum absolute atomic E-state index is 0.374. The van der Waals surface area contributed by atoms with Crippen LogP contribution < -0.4 is 9.03 Å². The fraction of sp³-hybridized carbons (Fsp3) is 0.588. The molecular formula is C17H24FN3O4S. The Kier molecular flexibility index (Phi) is 5.38. The normalized spacial score (nSPS) is 23.2. The Morgan fingerprint density at radius 2 is 2.15 bits per heavy atom. The summed E-state index contributed by atoms with van der Waals surface area (Å²) < 4.78 is 40.7. The van der Waals surface area contributed by atoms with Crippen LogP contribution in [0.2, 0.25) is 0 Å². The highest BCUT2D eigenvalue weighted by molar-refractivity contribution is 7.92. The van der Waals surface area contributed by atoms with Gasteiger partial charge >= 0.3 is 10.2 Å². The zero-order chi connectivity index (χ0) is 18.9. The van der Waals surface area contributed by atoms with Crippen molar-refractivity contribution in [3.8, 4) is 5.75 Å². The average molecular weight is 385 g/mol. The number of phenolic OH excluding ortho intramolecular Hbond substituents is 1. The second-order valence-electron chi connectivity index (χ2n) is 7.00. The number of nitrogens with zero attached hydrogens (tertiary/aromatic N) is 2. The second kappa shape index (κ2) is 7.40. The summed E-state index contributed by atoms with van der Waals surface area (Å²) in [6, 6.07) is 2.65. The van der Waals surface area contributed by atoms with E-state index in [9.17, 15) is 22.7 Å². The van der Waals surface area contributed by atoms with Gasteiger partial charge in [0, 0.05) is 6.54 Å². The van der Waals surface area contributed by atoms with E-state index in [2.05, 4.69) is 11.8 Å². The molecule has 0 saturated carbocycles. The average Bonchev–Trinajstić information content (AvgIpc) is 2.80. The van der Waals surface area contributed by atoms with Gasteiger partial charge < -0.3 is 10.0 Å². The molecule has 2 saturated heterocycles. The minimum atomic E-state index is -4.16. The summed E-state index contributed by atoms with van der Waals surface area (Å²) in [4.78, 5) is 13.7. The summed E-state index contributed by atoms with van der Waals surface area (Å²) in [5, 5.41) is 10.2. The Morgan fingerprint density at radius 1 is 1.38 bits per heavy atom. The van der Waals surface area contributed by atoms with Gasteiger partial charge in [-0.3, -0.25) is 4.79 Å². The number of rotatable bonds is 5. The Labute approximate surface area is 153 Å². The van der Waals surface area contributed by atoms with Gasteiger partial charge in [-0.25, -0.2) is 13.4 Å². The summed E-state index contributed by atoms with van der Waals surface area (Å²) in [7, 11) is -4.16. The van der Waals surface area contributed by atoms with E-state index < -0.39 is 39.9 Å². The van der Waals surface area contributed by atoms with Crippen LogP contribution in [0.15, 0.2) is 12.1 Å². The monoisotopic (exact) mass is 385 g/mol. The van der Waals surface area contributed by atoms with Gasteiger partial charge in [-0.15, -0.1) is 0 Å². The van der Waals surface area contributed by atoms with Crippen molar-refractivity contribution >= 4 is 21.8 Å². The van der Waals surface area contributed by atoms with E-state index in [1.54, 1.807) is 4.72 Å². The maximum atomic E-state index is 14.6. The second-order valence-corrected chi connectivity index (χ2v) is 8.59. The number of carbonyl (C=O) groups excluding carboxylic acids is 1. The lowest BCUT2D eigenvalue weighted by Gasteiger charge is -2.32. The van der Waals surface area contributed by atoms with Gasteiger partial charge in [-0.2, -0.15) is 8.42 Å². The van der Waals surface area contributed by atoms with Crippen molar-refractivity contribution in [2.75, 3.05) is 30.5 Å². The molecule has 9 heteroatoms. The molecule has 0 aliphatic carbocycles. The third-order valence-electron chi connectivity index (χ3n) is 4.84. The number of piperidine rings is 1. The first-order valence-corrected chi connectivity index (χ1v) is 10.3. The zero-order valence-electron chi connectivity index (χ0n) is 14.7. The molecule has 0 aromatic heterocycles. The fourth-order valence-corrected chi connectivity index (χ4v) is 4.99. The van der Waals surface area contributed by atoms with E-state index in [0.29, 0.717) is 22.2 Å². The van der Waals surface area contributed by atoms with Crippen LogP contribution in [-0.2, 0) is 21.4 Å². The van der Waals surface area contributed by atoms with E-state index in [-0.39, 0.29) is 0 Å². The lowest BCUT2D eigenvalue weighted by atomic mass is 9.91. The van der Waals surface area contributed by atoms with Crippen LogP contribution in [0.3, 0.4) is 0 Å². The van der Waals surface area contributed by atoms with Crippen LogP contribution in [0.1, 0.15) is 31.7 Å². The maximum Gasteiger partial charge on any atom is 0.326 e. The number of nitrogens with one attached hydrogen (secondary N) is 1. The molecule has 26 heavy (non-hydrogen) atoms. The predicted molar refractivity (Wildman–Crippen MR) is 95.6 cm³/mol. The molecule has 0 radical (unpaired) electrons. The number of phenols is 1. The highest BCUT2D eigenvalue weighted by Gasteiger charge is 2.37. The molecule has 2 fully saturated rings. The lowest BCUT2D eigenvalue weighted by Crippen LogP contribution is -2.36. The molecule has 2 heterocycles. The van der Waals surface area contributed by atoms with Gasteiger partial charge in [0.1, 0.15) is 18.0 Å². The van der Waals surface area contributed by atoms with Crippen molar-refractivity contribution in [3.05, 3.63) is 23.5 Å². The SMILES string of the molecule is CCCN1CCCC(Cc2cc(O)c(N3CC(=O)NS3(=O)=O)c(F)c2)C1. The number of benzene rings is 1. The standard InChI is InChI=1S/C17H24FN3O4S/c1-2-5-20-6-3-4-12(10-20)7-13-8-14(18)17(15(22)9-13)21-11-16(23)19-26(21,24)25/h8-9,12,22H,2-7,10-11H2,1H3,(H,19,23). The van der Waals surface area contributed by atoms with Crippen molar-refractivity contribution < 1.29 is 22.7 Å². The van der Waals surface area contributed by atoms with Gasteiger partial charge in [0.15, 0.2) is 5.82 Å². The van der Waals surface area contributed by atoms with Crippen molar-refractivity contribution in [2.45, 2.75) is 32.6 Å². The number of hydrogen-bond donors (Lipinski definition) is 2. The molecule has 2 N–H and O–H groups in total. The van der Waals surface area contributed by atoms with E-state index >= 15 is 0 Å². The first-order valence-electron chi connectivity index (χ1n) is 8.87. The first kappa shape index (κ1) is 18.9. The number of amides is 1. The molecule has 2 aliphatic heterocycles. The molecule has 1 atom stereocenters. The van der Waals surface area contributed by atoms with E-state index in [0.717, 1.165) is 38.9 Å². The molecule has 1 amide bonds. The topological polar surface area (TPSA) is 89.9 Å². The van der Waals surface area contributed by atoms with Crippen LogP contribution in [0.5, 0.6) is 5.75 Å². The largest absolute Gasteiger partial charge is 0.506 e. The van der Waals surface area contributed by atoms with Crippen LogP contribution in [0, 0.1) is 11.7 Å². The minimum Gasteiger partial charge on any atom is -0.506 e. The van der Waals surface area contributed by atoms with Gasteiger partial charge in [-0.1, -0.05) is 6.92 Å². The van der Waals surface area contributed by atoms with Gasteiger partial charge in [-0.05, 0) is 62.4 Å². The Morgan fingerprint density at radius 3 is 2.77 bits per heavy atom. The number of carbonyl (C=O) groups is 1. The zero-order valence-corrected chi connectivity index (χ0v) is 15.6.